The molecule has 0 spiro atoms. The lowest BCUT2D eigenvalue weighted by molar-refractivity contribution is -0.125. The van der Waals surface area contributed by atoms with Crippen LogP contribution < -0.4 is 15.5 Å². The van der Waals surface area contributed by atoms with E-state index in [-0.39, 0.29) is 19.1 Å². The third-order valence-electron chi connectivity index (χ3n) is 4.08. The van der Waals surface area contributed by atoms with Gasteiger partial charge in [-0.3, -0.25) is 9.59 Å². The van der Waals surface area contributed by atoms with E-state index in [1.54, 1.807) is 43.9 Å². The van der Waals surface area contributed by atoms with E-state index in [1.165, 1.54) is 7.11 Å². The van der Waals surface area contributed by atoms with Crippen LogP contribution >= 0.6 is 0 Å². The van der Waals surface area contributed by atoms with Crippen molar-refractivity contribution in [3.05, 3.63) is 23.8 Å². The SMILES string of the molecule is COC[C@@H](NC(=O)OC(C)(C)C)C(=O)Nc1ccc(N2CCOCC2=O)c(C)c1. The molecule has 3 amide bonds. The van der Waals surface area contributed by atoms with E-state index in [2.05, 4.69) is 10.6 Å². The van der Waals surface area contributed by atoms with Crippen molar-refractivity contribution in [2.45, 2.75) is 39.3 Å². The van der Waals surface area contributed by atoms with Crippen LogP contribution in [0.4, 0.5) is 16.2 Å². The maximum Gasteiger partial charge on any atom is 0.408 e. The molecule has 9 nitrogen and oxygen atoms in total. The van der Waals surface area contributed by atoms with Crippen molar-refractivity contribution in [2.75, 3.05) is 43.7 Å². The van der Waals surface area contributed by atoms with Crippen molar-refractivity contribution in [1.82, 2.24) is 5.32 Å². The van der Waals surface area contributed by atoms with Crippen molar-refractivity contribution >= 4 is 29.3 Å². The fourth-order valence-corrected chi connectivity index (χ4v) is 2.84. The summed E-state index contributed by atoms with van der Waals surface area (Å²) < 4.78 is 15.4. The van der Waals surface area contributed by atoms with Crippen molar-refractivity contribution in [3.63, 3.8) is 0 Å². The van der Waals surface area contributed by atoms with Gasteiger partial charge >= 0.3 is 6.09 Å². The number of hydrogen-bond donors (Lipinski definition) is 2. The van der Waals surface area contributed by atoms with E-state index in [0.717, 1.165) is 11.3 Å². The van der Waals surface area contributed by atoms with Crippen LogP contribution in [0.3, 0.4) is 0 Å². The standard InChI is InChI=1S/C20H29N3O6/c1-13-10-14(6-7-16(13)23-8-9-28-12-17(23)24)21-18(25)15(11-27-5)22-19(26)29-20(2,3)4/h6-7,10,15H,8-9,11-12H2,1-5H3,(H,21,25)(H,22,26)/t15-/m1/s1. The molecule has 0 aromatic heterocycles. The Balaban J connectivity index is 2.06. The minimum Gasteiger partial charge on any atom is -0.444 e. The average molecular weight is 407 g/mol. The van der Waals surface area contributed by atoms with Crippen LogP contribution in [0, 0.1) is 6.92 Å². The van der Waals surface area contributed by atoms with Crippen LogP contribution in [0.1, 0.15) is 26.3 Å². The van der Waals surface area contributed by atoms with Gasteiger partial charge in [0, 0.05) is 25.0 Å². The summed E-state index contributed by atoms with van der Waals surface area (Å²) in [7, 11) is 1.44. The highest BCUT2D eigenvalue weighted by atomic mass is 16.6. The molecule has 0 radical (unpaired) electrons. The Labute approximate surface area is 170 Å². The molecule has 1 atom stereocenters. The molecule has 1 heterocycles. The largest absolute Gasteiger partial charge is 0.444 e. The van der Waals surface area contributed by atoms with Crippen molar-refractivity contribution in [1.29, 1.82) is 0 Å². The zero-order chi connectivity index (χ0) is 21.6. The first-order valence-corrected chi connectivity index (χ1v) is 9.39. The van der Waals surface area contributed by atoms with Crippen LogP contribution in [0.15, 0.2) is 18.2 Å². The first kappa shape index (κ1) is 22.6. The summed E-state index contributed by atoms with van der Waals surface area (Å²) in [6.07, 6.45) is -0.702. The Morgan fingerprint density at radius 1 is 1.31 bits per heavy atom. The number of morpholine rings is 1. The number of nitrogens with zero attached hydrogens (tertiary/aromatic N) is 1. The second-order valence-electron chi connectivity index (χ2n) is 7.74. The molecule has 2 N–H and O–H groups in total. The topological polar surface area (TPSA) is 106 Å². The van der Waals surface area contributed by atoms with Crippen LogP contribution in [0.5, 0.6) is 0 Å². The molecular weight excluding hydrogens is 378 g/mol. The second kappa shape index (κ2) is 9.71. The van der Waals surface area contributed by atoms with Crippen LogP contribution in [-0.4, -0.2) is 63.0 Å². The summed E-state index contributed by atoms with van der Waals surface area (Å²) in [4.78, 5) is 38.3. The molecule has 0 bridgehead atoms. The van der Waals surface area contributed by atoms with E-state index in [0.29, 0.717) is 18.8 Å². The predicted octanol–water partition coefficient (Wildman–Crippen LogP) is 1.84. The Hall–Kier alpha value is -2.65. The molecule has 0 unspecified atom stereocenters. The highest BCUT2D eigenvalue weighted by molar-refractivity contribution is 5.98. The molecule has 1 saturated heterocycles. The first-order chi connectivity index (χ1) is 13.6. The number of rotatable bonds is 6. The molecule has 9 heteroatoms. The lowest BCUT2D eigenvalue weighted by Gasteiger charge is -2.28. The van der Waals surface area contributed by atoms with Crippen LogP contribution in [0.25, 0.3) is 0 Å². The monoisotopic (exact) mass is 407 g/mol. The number of anilines is 2. The summed E-state index contributed by atoms with van der Waals surface area (Å²) >= 11 is 0. The Morgan fingerprint density at radius 2 is 2.03 bits per heavy atom. The van der Waals surface area contributed by atoms with Gasteiger partial charge in [-0.25, -0.2) is 4.79 Å². The fourth-order valence-electron chi connectivity index (χ4n) is 2.84. The molecule has 1 aliphatic heterocycles. The van der Waals surface area contributed by atoms with Gasteiger partial charge in [-0.1, -0.05) is 0 Å². The molecule has 2 rings (SSSR count). The lowest BCUT2D eigenvalue weighted by atomic mass is 10.1. The van der Waals surface area contributed by atoms with Gasteiger partial charge in [0.2, 0.25) is 5.91 Å². The highest BCUT2D eigenvalue weighted by Gasteiger charge is 2.25. The minimum absolute atomic E-state index is 0.00950. The molecule has 0 saturated carbocycles. The fraction of sp³-hybridized carbons (Fsp3) is 0.550. The Kier molecular flexibility index (Phi) is 7.58. The summed E-state index contributed by atoms with van der Waals surface area (Å²) in [5.41, 5.74) is 1.48. The molecule has 160 valence electrons. The number of aryl methyl sites for hydroxylation is 1. The number of ether oxygens (including phenoxy) is 3. The van der Waals surface area contributed by atoms with Gasteiger partial charge in [0.1, 0.15) is 18.2 Å². The van der Waals surface area contributed by atoms with Gasteiger partial charge in [-0.15, -0.1) is 0 Å². The van der Waals surface area contributed by atoms with Gasteiger partial charge in [0.15, 0.2) is 0 Å². The van der Waals surface area contributed by atoms with E-state index < -0.39 is 23.6 Å². The van der Waals surface area contributed by atoms with E-state index in [1.807, 2.05) is 6.92 Å². The number of carbonyl (C=O) groups excluding carboxylic acids is 3. The zero-order valence-electron chi connectivity index (χ0n) is 17.5. The minimum atomic E-state index is -0.921. The number of amides is 3. The summed E-state index contributed by atoms with van der Waals surface area (Å²) in [6.45, 7) is 8.10. The normalized spacial score (nSPS) is 15.6. The number of hydrogen-bond acceptors (Lipinski definition) is 6. The maximum atomic E-state index is 12.6. The second-order valence-corrected chi connectivity index (χ2v) is 7.74. The smallest absolute Gasteiger partial charge is 0.408 e. The van der Waals surface area contributed by atoms with Crippen LogP contribution in [-0.2, 0) is 23.8 Å². The van der Waals surface area contributed by atoms with Crippen molar-refractivity contribution in [3.8, 4) is 0 Å². The molecular formula is C20H29N3O6. The quantitative estimate of drug-likeness (QED) is 0.745. The maximum absolute atomic E-state index is 12.6. The lowest BCUT2D eigenvalue weighted by Crippen LogP contribution is -2.48. The molecule has 1 aromatic carbocycles. The first-order valence-electron chi connectivity index (χ1n) is 9.39. The molecule has 29 heavy (non-hydrogen) atoms. The predicted molar refractivity (Wildman–Crippen MR) is 108 cm³/mol. The van der Waals surface area contributed by atoms with E-state index in [4.69, 9.17) is 14.2 Å². The number of alkyl carbamates (subject to hydrolysis) is 1. The van der Waals surface area contributed by atoms with Gasteiger partial charge < -0.3 is 29.7 Å². The molecule has 1 aliphatic rings. The summed E-state index contributed by atoms with van der Waals surface area (Å²) in [5.74, 6) is -0.537. The third kappa shape index (κ3) is 6.72. The van der Waals surface area contributed by atoms with Gasteiger partial charge in [0.05, 0.1) is 13.2 Å². The summed E-state index contributed by atoms with van der Waals surface area (Å²) in [5, 5.41) is 5.27. The number of carbonyl (C=O) groups is 3. The highest BCUT2D eigenvalue weighted by Crippen LogP contribution is 2.25. The van der Waals surface area contributed by atoms with Gasteiger partial charge in [0.25, 0.3) is 5.91 Å². The van der Waals surface area contributed by atoms with E-state index in [9.17, 15) is 14.4 Å². The van der Waals surface area contributed by atoms with Crippen molar-refractivity contribution < 1.29 is 28.6 Å². The third-order valence-corrected chi connectivity index (χ3v) is 4.08. The molecule has 1 fully saturated rings. The Bertz CT molecular complexity index is 759. The number of nitrogens with one attached hydrogen (secondary N) is 2. The van der Waals surface area contributed by atoms with Gasteiger partial charge in [-0.05, 0) is 51.5 Å². The average Bonchev–Trinajstić information content (AvgIpc) is 2.61. The van der Waals surface area contributed by atoms with E-state index >= 15 is 0 Å². The van der Waals surface area contributed by atoms with Gasteiger partial charge in [-0.2, -0.15) is 0 Å². The number of methoxy groups -OCH3 is 1. The Morgan fingerprint density at radius 3 is 2.62 bits per heavy atom. The van der Waals surface area contributed by atoms with Crippen molar-refractivity contribution in [2.24, 2.45) is 0 Å². The summed E-state index contributed by atoms with van der Waals surface area (Å²) in [6, 6.07) is 4.34. The molecule has 1 aromatic rings. The molecule has 0 aliphatic carbocycles. The van der Waals surface area contributed by atoms with Crippen LogP contribution in [0.2, 0.25) is 0 Å². The zero-order valence-corrected chi connectivity index (χ0v) is 17.5. The number of benzene rings is 1.